The molecule has 1 amide bonds. The molecule has 2 aromatic carbocycles. The van der Waals surface area contributed by atoms with Crippen molar-refractivity contribution in [2.75, 3.05) is 27.2 Å². The van der Waals surface area contributed by atoms with Gasteiger partial charge in [0.25, 0.3) is 5.91 Å². The standard InChI is InChI=1S/C24H30N2O2/c1-25-14-13-24(19-9-6-10-22(27)15-19)16-21(12-11-20(24)17-25)26(2)23(28)18-7-4-3-5-8-18/h3-10,15,20-21,27H,11-14,16-17H2,1-2H3/t20-,21-,24+/m1/s1. The molecule has 0 bridgehead atoms. The van der Waals surface area contributed by atoms with E-state index in [0.717, 1.165) is 44.3 Å². The number of likely N-dealkylation sites (tertiary alicyclic amines) is 1. The predicted octanol–water partition coefficient (Wildman–Crippen LogP) is 3.91. The van der Waals surface area contributed by atoms with Crippen molar-refractivity contribution < 1.29 is 9.90 Å². The number of hydrogen-bond acceptors (Lipinski definition) is 3. The van der Waals surface area contributed by atoms with E-state index >= 15 is 0 Å². The first kappa shape index (κ1) is 19.0. The van der Waals surface area contributed by atoms with Gasteiger partial charge in [-0.1, -0.05) is 30.3 Å². The van der Waals surface area contributed by atoms with Gasteiger partial charge in [0.1, 0.15) is 5.75 Å². The summed E-state index contributed by atoms with van der Waals surface area (Å²) in [6.07, 6.45) is 4.18. The molecule has 1 heterocycles. The van der Waals surface area contributed by atoms with Gasteiger partial charge >= 0.3 is 0 Å². The first-order chi connectivity index (χ1) is 13.5. The maximum absolute atomic E-state index is 13.0. The quantitative estimate of drug-likeness (QED) is 0.881. The molecule has 4 rings (SSSR count). The SMILES string of the molecule is CN1CC[C@@]2(c3cccc(O)c3)C[C@H](N(C)C(=O)c3ccccc3)CC[C@@H]2C1. The topological polar surface area (TPSA) is 43.8 Å². The molecule has 148 valence electrons. The number of nitrogens with zero attached hydrogens (tertiary/aromatic N) is 2. The summed E-state index contributed by atoms with van der Waals surface area (Å²) in [5.74, 6) is 0.993. The molecule has 0 radical (unpaired) electrons. The van der Waals surface area contributed by atoms with Crippen molar-refractivity contribution in [1.82, 2.24) is 9.80 Å². The average molecular weight is 379 g/mol. The van der Waals surface area contributed by atoms with Gasteiger partial charge in [0.15, 0.2) is 0 Å². The Morgan fingerprint density at radius 3 is 2.68 bits per heavy atom. The molecule has 1 saturated heterocycles. The molecule has 2 fully saturated rings. The van der Waals surface area contributed by atoms with Crippen molar-refractivity contribution in [2.24, 2.45) is 5.92 Å². The van der Waals surface area contributed by atoms with Crippen LogP contribution in [-0.4, -0.2) is 54.0 Å². The molecule has 3 atom stereocenters. The van der Waals surface area contributed by atoms with Crippen LogP contribution in [0.4, 0.5) is 0 Å². The van der Waals surface area contributed by atoms with Gasteiger partial charge in [0.2, 0.25) is 0 Å². The fraction of sp³-hybridized carbons (Fsp3) is 0.458. The monoisotopic (exact) mass is 378 g/mol. The molecule has 0 unspecified atom stereocenters. The number of benzene rings is 2. The number of phenols is 1. The van der Waals surface area contributed by atoms with Gasteiger partial charge in [-0.25, -0.2) is 0 Å². The largest absolute Gasteiger partial charge is 0.508 e. The van der Waals surface area contributed by atoms with Crippen LogP contribution in [0.1, 0.15) is 41.6 Å². The highest BCUT2D eigenvalue weighted by Gasteiger charge is 2.48. The van der Waals surface area contributed by atoms with Gasteiger partial charge in [-0.2, -0.15) is 0 Å². The third kappa shape index (κ3) is 3.42. The average Bonchev–Trinajstić information content (AvgIpc) is 2.73. The summed E-state index contributed by atoms with van der Waals surface area (Å²) in [5.41, 5.74) is 2.01. The second-order valence-corrected chi connectivity index (χ2v) is 8.63. The maximum Gasteiger partial charge on any atom is 0.253 e. The lowest BCUT2D eigenvalue weighted by atomic mass is 9.58. The Hall–Kier alpha value is -2.33. The number of aromatic hydroxyl groups is 1. The molecule has 1 saturated carbocycles. The minimum atomic E-state index is 0.0272. The van der Waals surface area contributed by atoms with E-state index in [0.29, 0.717) is 11.7 Å². The van der Waals surface area contributed by atoms with Gasteiger partial charge < -0.3 is 14.9 Å². The van der Waals surface area contributed by atoms with Crippen molar-refractivity contribution in [3.05, 3.63) is 65.7 Å². The number of carbonyl (C=O) groups is 1. The van der Waals surface area contributed by atoms with Crippen LogP contribution in [0.2, 0.25) is 0 Å². The van der Waals surface area contributed by atoms with Crippen LogP contribution in [0.25, 0.3) is 0 Å². The minimum absolute atomic E-state index is 0.0272. The lowest BCUT2D eigenvalue weighted by Crippen LogP contribution is -2.55. The third-order valence-electron chi connectivity index (χ3n) is 7.01. The zero-order valence-electron chi connectivity index (χ0n) is 16.8. The molecule has 1 aliphatic carbocycles. The summed E-state index contributed by atoms with van der Waals surface area (Å²) >= 11 is 0. The Bertz CT molecular complexity index is 838. The Morgan fingerprint density at radius 2 is 1.93 bits per heavy atom. The molecular weight excluding hydrogens is 348 g/mol. The van der Waals surface area contributed by atoms with Crippen LogP contribution in [0.15, 0.2) is 54.6 Å². The Morgan fingerprint density at radius 1 is 1.14 bits per heavy atom. The fourth-order valence-electron chi connectivity index (χ4n) is 5.38. The van der Waals surface area contributed by atoms with E-state index in [1.165, 1.54) is 5.56 Å². The third-order valence-corrected chi connectivity index (χ3v) is 7.01. The number of amides is 1. The highest BCUT2D eigenvalue weighted by molar-refractivity contribution is 5.94. The van der Waals surface area contributed by atoms with Gasteiger partial charge in [0.05, 0.1) is 0 Å². The van der Waals surface area contributed by atoms with Crippen LogP contribution in [0.5, 0.6) is 5.75 Å². The van der Waals surface area contributed by atoms with Gasteiger partial charge in [-0.15, -0.1) is 0 Å². The van der Waals surface area contributed by atoms with E-state index in [4.69, 9.17) is 0 Å². The van der Waals surface area contributed by atoms with Crippen LogP contribution < -0.4 is 0 Å². The summed E-state index contributed by atoms with van der Waals surface area (Å²) in [7, 11) is 4.15. The maximum atomic E-state index is 13.0. The smallest absolute Gasteiger partial charge is 0.253 e. The number of phenolic OH excluding ortho intramolecular Hbond substituents is 1. The van der Waals surface area contributed by atoms with Gasteiger partial charge in [-0.05, 0) is 75.0 Å². The van der Waals surface area contributed by atoms with Crippen molar-refractivity contribution in [2.45, 2.75) is 37.1 Å². The first-order valence-corrected chi connectivity index (χ1v) is 10.3. The van der Waals surface area contributed by atoms with Crippen molar-refractivity contribution >= 4 is 5.91 Å². The van der Waals surface area contributed by atoms with Crippen molar-refractivity contribution in [1.29, 1.82) is 0 Å². The summed E-state index contributed by atoms with van der Waals surface area (Å²) < 4.78 is 0. The number of fused-ring (bicyclic) bond motifs is 1. The normalized spacial score (nSPS) is 27.8. The van der Waals surface area contributed by atoms with E-state index in [-0.39, 0.29) is 17.4 Å². The number of hydrogen-bond donors (Lipinski definition) is 1. The number of rotatable bonds is 3. The summed E-state index contributed by atoms with van der Waals surface area (Å²) in [5, 5.41) is 10.1. The van der Waals surface area contributed by atoms with E-state index in [1.54, 1.807) is 6.07 Å². The first-order valence-electron chi connectivity index (χ1n) is 10.3. The molecule has 2 aromatic rings. The summed E-state index contributed by atoms with van der Waals surface area (Å²) in [6, 6.07) is 17.6. The Kier molecular flexibility index (Phi) is 5.15. The highest BCUT2D eigenvalue weighted by Crippen LogP contribution is 2.50. The molecular formula is C24H30N2O2. The van der Waals surface area contributed by atoms with Crippen LogP contribution in [0, 0.1) is 5.92 Å². The fourth-order valence-corrected chi connectivity index (χ4v) is 5.38. The summed E-state index contributed by atoms with van der Waals surface area (Å²) in [4.78, 5) is 17.4. The van der Waals surface area contributed by atoms with Crippen LogP contribution >= 0.6 is 0 Å². The molecule has 1 aliphatic heterocycles. The second-order valence-electron chi connectivity index (χ2n) is 8.63. The Balaban J connectivity index is 1.64. The lowest BCUT2D eigenvalue weighted by Gasteiger charge is -2.53. The molecule has 28 heavy (non-hydrogen) atoms. The molecule has 1 N–H and O–H groups in total. The summed E-state index contributed by atoms with van der Waals surface area (Å²) in [6.45, 7) is 2.13. The molecule has 4 heteroatoms. The van der Waals surface area contributed by atoms with E-state index < -0.39 is 0 Å². The molecule has 0 spiro atoms. The van der Waals surface area contributed by atoms with Crippen LogP contribution in [0.3, 0.4) is 0 Å². The number of piperidine rings is 1. The molecule has 0 aromatic heterocycles. The van der Waals surface area contributed by atoms with Gasteiger partial charge in [0, 0.05) is 30.6 Å². The molecule has 4 nitrogen and oxygen atoms in total. The van der Waals surface area contributed by atoms with Gasteiger partial charge in [-0.3, -0.25) is 4.79 Å². The second kappa shape index (κ2) is 7.59. The molecule has 2 aliphatic rings. The number of carbonyl (C=O) groups excluding carboxylic acids is 1. The van der Waals surface area contributed by atoms with Crippen molar-refractivity contribution in [3.8, 4) is 5.75 Å². The Labute approximate surface area is 167 Å². The predicted molar refractivity (Wildman–Crippen MR) is 112 cm³/mol. The van der Waals surface area contributed by atoms with Crippen LogP contribution in [-0.2, 0) is 5.41 Å². The minimum Gasteiger partial charge on any atom is -0.508 e. The highest BCUT2D eigenvalue weighted by atomic mass is 16.3. The zero-order chi connectivity index (χ0) is 19.7. The lowest BCUT2D eigenvalue weighted by molar-refractivity contribution is 0.0259. The zero-order valence-corrected chi connectivity index (χ0v) is 16.8. The van der Waals surface area contributed by atoms with Crippen molar-refractivity contribution in [3.63, 3.8) is 0 Å². The van der Waals surface area contributed by atoms with E-state index in [2.05, 4.69) is 18.0 Å². The van der Waals surface area contributed by atoms with E-state index in [9.17, 15) is 9.90 Å². The van der Waals surface area contributed by atoms with E-state index in [1.807, 2.05) is 54.4 Å².